The Morgan fingerprint density at radius 3 is 2.08 bits per heavy atom. The molecule has 0 unspecified atom stereocenters. The van der Waals surface area contributed by atoms with Crippen molar-refractivity contribution < 1.29 is 14.4 Å². The Kier molecular flexibility index (Phi) is 6.95. The van der Waals surface area contributed by atoms with Gasteiger partial charge in [-0.15, -0.1) is 0 Å². The maximum absolute atomic E-state index is 12.2. The topological polar surface area (TPSA) is 75.3 Å². The number of carbonyl (C=O) groups excluding carboxylic acids is 3. The Morgan fingerprint density at radius 2 is 1.50 bits per heavy atom. The van der Waals surface area contributed by atoms with Crippen molar-refractivity contribution in [3.63, 3.8) is 0 Å². The molecule has 1 fully saturated rings. The number of hydrogen-bond donors (Lipinski definition) is 2. The van der Waals surface area contributed by atoms with Crippen molar-refractivity contribution in [2.75, 3.05) is 13.1 Å². The Labute approximate surface area is 155 Å². The molecule has 2 rings (SSSR count). The summed E-state index contributed by atoms with van der Waals surface area (Å²) in [5.74, 6) is -1.03. The zero-order valence-electron chi connectivity index (χ0n) is 16.1. The maximum atomic E-state index is 12.2. The normalized spacial score (nSPS) is 15.3. The van der Waals surface area contributed by atoms with E-state index in [2.05, 4.69) is 31.4 Å². The molecule has 26 heavy (non-hydrogen) atoms. The molecule has 0 atom stereocenters. The summed E-state index contributed by atoms with van der Waals surface area (Å²) in [5.41, 5.74) is 1.49. The minimum absolute atomic E-state index is 0.000373. The number of amides is 2. The van der Waals surface area contributed by atoms with Gasteiger partial charge in [-0.2, -0.15) is 0 Å². The molecule has 1 aliphatic carbocycles. The van der Waals surface area contributed by atoms with Crippen LogP contribution >= 0.6 is 0 Å². The van der Waals surface area contributed by atoms with E-state index in [0.717, 1.165) is 31.2 Å². The van der Waals surface area contributed by atoms with Crippen molar-refractivity contribution >= 4 is 17.6 Å². The third-order valence-corrected chi connectivity index (χ3v) is 4.91. The van der Waals surface area contributed by atoms with Crippen molar-refractivity contribution in [3.8, 4) is 0 Å². The summed E-state index contributed by atoms with van der Waals surface area (Å²) in [7, 11) is 0. The van der Waals surface area contributed by atoms with E-state index in [1.807, 2.05) is 12.1 Å². The third-order valence-electron chi connectivity index (χ3n) is 4.91. The van der Waals surface area contributed by atoms with Crippen LogP contribution in [-0.2, 0) is 15.0 Å². The lowest BCUT2D eigenvalue weighted by atomic mass is 9.86. The monoisotopic (exact) mass is 358 g/mol. The summed E-state index contributed by atoms with van der Waals surface area (Å²) < 4.78 is 0. The van der Waals surface area contributed by atoms with Gasteiger partial charge < -0.3 is 10.6 Å². The quantitative estimate of drug-likeness (QED) is 0.466. The van der Waals surface area contributed by atoms with Crippen LogP contribution in [-0.4, -0.2) is 30.7 Å². The van der Waals surface area contributed by atoms with E-state index < -0.39 is 11.7 Å². The average Bonchev–Trinajstić information content (AvgIpc) is 2.64. The van der Waals surface area contributed by atoms with Gasteiger partial charge in [0.1, 0.15) is 0 Å². The number of Topliss-reactive ketones (excluding diaryl/α,β-unsaturated/α-hetero) is 1. The zero-order valence-corrected chi connectivity index (χ0v) is 16.1. The summed E-state index contributed by atoms with van der Waals surface area (Å²) in [4.78, 5) is 36.2. The first-order valence-electron chi connectivity index (χ1n) is 9.50. The summed E-state index contributed by atoms with van der Waals surface area (Å²) in [6.07, 6.45) is 5.32. The lowest BCUT2D eigenvalue weighted by Crippen LogP contribution is -2.40. The minimum atomic E-state index is -0.638. The molecule has 0 aromatic heterocycles. The molecular weight excluding hydrogens is 328 g/mol. The molecule has 0 aliphatic heterocycles. The van der Waals surface area contributed by atoms with Gasteiger partial charge in [0.2, 0.25) is 11.7 Å². The maximum Gasteiger partial charge on any atom is 0.292 e. The van der Waals surface area contributed by atoms with E-state index >= 15 is 0 Å². The average molecular weight is 358 g/mol. The fraction of sp³-hybridized carbons (Fsp3) is 0.571. The van der Waals surface area contributed by atoms with Crippen molar-refractivity contribution in [2.24, 2.45) is 5.92 Å². The van der Waals surface area contributed by atoms with Crippen LogP contribution in [0.2, 0.25) is 0 Å². The van der Waals surface area contributed by atoms with E-state index in [0.29, 0.717) is 12.1 Å². The highest BCUT2D eigenvalue weighted by atomic mass is 16.2. The van der Waals surface area contributed by atoms with Crippen LogP contribution < -0.4 is 10.6 Å². The molecule has 0 heterocycles. The Balaban J connectivity index is 1.75. The second kappa shape index (κ2) is 8.97. The molecule has 1 aromatic carbocycles. The molecular formula is C21H30N2O3. The van der Waals surface area contributed by atoms with Crippen LogP contribution in [0.5, 0.6) is 0 Å². The molecule has 2 N–H and O–H groups in total. The largest absolute Gasteiger partial charge is 0.354 e. The summed E-state index contributed by atoms with van der Waals surface area (Å²) in [6.45, 7) is 6.88. The molecule has 0 spiro atoms. The molecule has 5 heteroatoms. The van der Waals surface area contributed by atoms with E-state index in [-0.39, 0.29) is 23.8 Å². The molecule has 0 saturated heterocycles. The fourth-order valence-electron chi connectivity index (χ4n) is 3.20. The molecule has 1 aromatic rings. The van der Waals surface area contributed by atoms with Gasteiger partial charge in [0.25, 0.3) is 5.91 Å². The number of rotatable bonds is 6. The number of ketones is 1. The van der Waals surface area contributed by atoms with Gasteiger partial charge in [0, 0.05) is 24.6 Å². The highest BCUT2D eigenvalue weighted by molar-refractivity contribution is 6.42. The molecule has 0 bridgehead atoms. The molecule has 2 amide bonds. The van der Waals surface area contributed by atoms with Gasteiger partial charge in [-0.25, -0.2) is 0 Å². The molecule has 1 saturated carbocycles. The van der Waals surface area contributed by atoms with Gasteiger partial charge in [-0.3, -0.25) is 14.4 Å². The Bertz CT molecular complexity index is 638. The number of nitrogens with one attached hydrogen (secondary N) is 2. The molecule has 142 valence electrons. The predicted molar refractivity (Wildman–Crippen MR) is 102 cm³/mol. The van der Waals surface area contributed by atoms with E-state index in [1.54, 1.807) is 12.1 Å². The van der Waals surface area contributed by atoms with Crippen LogP contribution in [0.1, 0.15) is 68.8 Å². The van der Waals surface area contributed by atoms with Crippen molar-refractivity contribution in [3.05, 3.63) is 35.4 Å². The van der Waals surface area contributed by atoms with Crippen molar-refractivity contribution in [2.45, 2.75) is 58.3 Å². The van der Waals surface area contributed by atoms with Gasteiger partial charge in [0.05, 0.1) is 0 Å². The van der Waals surface area contributed by atoms with Crippen LogP contribution in [0.4, 0.5) is 0 Å². The van der Waals surface area contributed by atoms with Crippen molar-refractivity contribution in [1.82, 2.24) is 10.6 Å². The first kappa shape index (κ1) is 20.1. The summed E-state index contributed by atoms with van der Waals surface area (Å²) >= 11 is 0. The van der Waals surface area contributed by atoms with Crippen molar-refractivity contribution in [1.29, 1.82) is 0 Å². The standard InChI is InChI=1S/C21H30N2O3/c1-21(2,3)17-11-9-15(10-12-17)18(24)20(26)23-14-13-22-19(25)16-7-5-4-6-8-16/h9-12,16H,4-8,13-14H2,1-3H3,(H,22,25)(H,23,26). The second-order valence-corrected chi connectivity index (χ2v) is 8.04. The number of hydrogen-bond acceptors (Lipinski definition) is 3. The van der Waals surface area contributed by atoms with Crippen LogP contribution in [0.15, 0.2) is 24.3 Å². The summed E-state index contributed by atoms with van der Waals surface area (Å²) in [5, 5.41) is 5.43. The lowest BCUT2D eigenvalue weighted by molar-refractivity contribution is -0.126. The lowest BCUT2D eigenvalue weighted by Gasteiger charge is -2.20. The predicted octanol–water partition coefficient (Wildman–Crippen LogP) is 2.98. The summed E-state index contributed by atoms with van der Waals surface area (Å²) in [6, 6.07) is 7.14. The minimum Gasteiger partial charge on any atom is -0.354 e. The smallest absolute Gasteiger partial charge is 0.292 e. The first-order chi connectivity index (χ1) is 12.3. The highest BCUT2D eigenvalue weighted by Crippen LogP contribution is 2.23. The highest BCUT2D eigenvalue weighted by Gasteiger charge is 2.21. The molecule has 5 nitrogen and oxygen atoms in total. The van der Waals surface area contributed by atoms with Crippen LogP contribution in [0.3, 0.4) is 0 Å². The van der Waals surface area contributed by atoms with E-state index in [4.69, 9.17) is 0 Å². The van der Waals surface area contributed by atoms with Crippen LogP contribution in [0.25, 0.3) is 0 Å². The first-order valence-corrected chi connectivity index (χ1v) is 9.50. The van der Waals surface area contributed by atoms with Gasteiger partial charge in [-0.05, 0) is 23.8 Å². The third kappa shape index (κ3) is 5.68. The second-order valence-electron chi connectivity index (χ2n) is 8.04. The van der Waals surface area contributed by atoms with Crippen LogP contribution in [0, 0.1) is 5.92 Å². The zero-order chi connectivity index (χ0) is 19.2. The molecule has 0 radical (unpaired) electrons. The van der Waals surface area contributed by atoms with E-state index in [1.165, 1.54) is 6.42 Å². The Hall–Kier alpha value is -2.17. The number of carbonyl (C=O) groups is 3. The van der Waals surface area contributed by atoms with E-state index in [9.17, 15) is 14.4 Å². The SMILES string of the molecule is CC(C)(C)c1ccc(C(=O)C(=O)NCCNC(=O)C2CCCCC2)cc1. The van der Waals surface area contributed by atoms with Gasteiger partial charge in [-0.1, -0.05) is 64.3 Å². The Morgan fingerprint density at radius 1 is 0.923 bits per heavy atom. The molecule has 1 aliphatic rings. The van der Waals surface area contributed by atoms with Gasteiger partial charge in [0.15, 0.2) is 0 Å². The van der Waals surface area contributed by atoms with Gasteiger partial charge >= 0.3 is 0 Å². The fourth-order valence-corrected chi connectivity index (χ4v) is 3.20. The number of benzene rings is 1.